The van der Waals surface area contributed by atoms with E-state index < -0.39 is 20.7 Å². The zero-order valence-corrected chi connectivity index (χ0v) is 12.6. The second-order valence-corrected chi connectivity index (χ2v) is 6.49. The molecule has 0 saturated heterocycles. The van der Waals surface area contributed by atoms with Crippen LogP contribution in [0.1, 0.15) is 11.4 Å². The van der Waals surface area contributed by atoms with Crippen molar-refractivity contribution >= 4 is 15.7 Å². The van der Waals surface area contributed by atoms with Crippen LogP contribution in [0.2, 0.25) is 0 Å². The summed E-state index contributed by atoms with van der Waals surface area (Å²) in [5.41, 5.74) is 5.98. The van der Waals surface area contributed by atoms with Gasteiger partial charge < -0.3 is 10.3 Å². The van der Waals surface area contributed by atoms with Crippen LogP contribution in [0.3, 0.4) is 0 Å². The molecule has 8 heteroatoms. The van der Waals surface area contributed by atoms with Crippen LogP contribution < -0.4 is 10.5 Å². The molecule has 0 aliphatic carbocycles. The predicted octanol–water partition coefficient (Wildman–Crippen LogP) is 0.971. The third-order valence-electron chi connectivity index (χ3n) is 3.09. The van der Waals surface area contributed by atoms with Gasteiger partial charge in [0, 0.05) is 38.1 Å². The summed E-state index contributed by atoms with van der Waals surface area (Å²) in [5.74, 6) is -0.0457. The maximum absolute atomic E-state index is 14.0. The Morgan fingerprint density at radius 3 is 2.76 bits per heavy atom. The van der Waals surface area contributed by atoms with E-state index in [-0.39, 0.29) is 17.8 Å². The van der Waals surface area contributed by atoms with Crippen LogP contribution in [0.25, 0.3) is 0 Å². The number of aryl methyl sites for hydroxylation is 2. The number of hydrogen-bond acceptors (Lipinski definition) is 4. The van der Waals surface area contributed by atoms with Crippen molar-refractivity contribution in [3.63, 3.8) is 0 Å². The minimum absolute atomic E-state index is 0.125. The van der Waals surface area contributed by atoms with Crippen molar-refractivity contribution in [2.24, 2.45) is 7.05 Å². The molecule has 1 aromatic heterocycles. The van der Waals surface area contributed by atoms with Crippen LogP contribution in [0.4, 0.5) is 10.1 Å². The lowest BCUT2D eigenvalue weighted by molar-refractivity contribution is 0.552. The number of sulfonamides is 1. The SMILES string of the molecule is Cc1cc(N)cc(S(=O)(=O)NCCc2nccn2C)c1F. The zero-order valence-electron chi connectivity index (χ0n) is 11.8. The summed E-state index contributed by atoms with van der Waals surface area (Å²) in [5, 5.41) is 0. The fourth-order valence-corrected chi connectivity index (χ4v) is 3.19. The number of nitrogen functional groups attached to an aromatic ring is 1. The molecule has 0 fully saturated rings. The van der Waals surface area contributed by atoms with E-state index in [1.807, 2.05) is 7.05 Å². The van der Waals surface area contributed by atoms with Crippen molar-refractivity contribution in [2.45, 2.75) is 18.2 Å². The van der Waals surface area contributed by atoms with Gasteiger partial charge in [0.15, 0.2) is 0 Å². The third-order valence-corrected chi connectivity index (χ3v) is 4.55. The number of hydrogen-bond donors (Lipinski definition) is 2. The highest BCUT2D eigenvalue weighted by Crippen LogP contribution is 2.21. The number of aromatic nitrogens is 2. The number of halogens is 1. The van der Waals surface area contributed by atoms with Crippen LogP contribution in [-0.4, -0.2) is 24.5 Å². The Labute approximate surface area is 122 Å². The van der Waals surface area contributed by atoms with Crippen molar-refractivity contribution in [3.8, 4) is 0 Å². The van der Waals surface area contributed by atoms with Gasteiger partial charge in [-0.3, -0.25) is 0 Å². The fourth-order valence-electron chi connectivity index (χ4n) is 1.97. The number of anilines is 1. The highest BCUT2D eigenvalue weighted by atomic mass is 32.2. The summed E-state index contributed by atoms with van der Waals surface area (Å²) in [7, 11) is -2.13. The second-order valence-electron chi connectivity index (χ2n) is 4.75. The lowest BCUT2D eigenvalue weighted by atomic mass is 10.2. The Bertz CT molecular complexity index is 756. The first-order valence-electron chi connectivity index (χ1n) is 6.33. The van der Waals surface area contributed by atoms with Gasteiger partial charge in [0.2, 0.25) is 10.0 Å². The second kappa shape index (κ2) is 5.82. The largest absolute Gasteiger partial charge is 0.399 e. The molecule has 1 heterocycles. The van der Waals surface area contributed by atoms with Crippen LogP contribution in [0, 0.1) is 12.7 Å². The first-order chi connectivity index (χ1) is 9.81. The van der Waals surface area contributed by atoms with Gasteiger partial charge in [-0.15, -0.1) is 0 Å². The Balaban J connectivity index is 2.14. The van der Waals surface area contributed by atoms with Gasteiger partial charge in [0.25, 0.3) is 0 Å². The Hall–Kier alpha value is -1.93. The number of benzene rings is 1. The molecule has 0 atom stereocenters. The molecule has 0 bridgehead atoms. The van der Waals surface area contributed by atoms with E-state index in [0.717, 1.165) is 11.9 Å². The molecule has 0 amide bonds. The summed E-state index contributed by atoms with van der Waals surface area (Å²) in [6.45, 7) is 1.60. The summed E-state index contributed by atoms with van der Waals surface area (Å²) in [6.07, 6.45) is 3.81. The highest BCUT2D eigenvalue weighted by molar-refractivity contribution is 7.89. The van der Waals surface area contributed by atoms with E-state index in [1.165, 1.54) is 13.0 Å². The third kappa shape index (κ3) is 3.40. The maximum Gasteiger partial charge on any atom is 0.243 e. The first kappa shape index (κ1) is 15.5. The highest BCUT2D eigenvalue weighted by Gasteiger charge is 2.20. The van der Waals surface area contributed by atoms with E-state index in [2.05, 4.69) is 9.71 Å². The predicted molar refractivity (Wildman–Crippen MR) is 77.6 cm³/mol. The molecule has 6 nitrogen and oxygen atoms in total. The molecular weight excluding hydrogens is 295 g/mol. The van der Waals surface area contributed by atoms with Crippen molar-refractivity contribution in [3.05, 3.63) is 41.7 Å². The van der Waals surface area contributed by atoms with Crippen LogP contribution in [0.15, 0.2) is 29.4 Å². The fraction of sp³-hybridized carbons (Fsp3) is 0.308. The van der Waals surface area contributed by atoms with Gasteiger partial charge in [-0.05, 0) is 24.6 Å². The van der Waals surface area contributed by atoms with Gasteiger partial charge >= 0.3 is 0 Å². The van der Waals surface area contributed by atoms with Crippen molar-refractivity contribution in [2.75, 3.05) is 12.3 Å². The molecule has 0 radical (unpaired) electrons. The monoisotopic (exact) mass is 312 g/mol. The van der Waals surface area contributed by atoms with Crippen molar-refractivity contribution in [1.82, 2.24) is 14.3 Å². The lowest BCUT2D eigenvalue weighted by Gasteiger charge is -2.10. The molecule has 0 saturated carbocycles. The van der Waals surface area contributed by atoms with Gasteiger partial charge in [0.05, 0.1) is 0 Å². The summed E-state index contributed by atoms with van der Waals surface area (Å²) >= 11 is 0. The molecule has 3 N–H and O–H groups in total. The molecule has 0 unspecified atom stereocenters. The van der Waals surface area contributed by atoms with Gasteiger partial charge in [-0.2, -0.15) is 0 Å². The first-order valence-corrected chi connectivity index (χ1v) is 7.81. The van der Waals surface area contributed by atoms with Crippen LogP contribution in [-0.2, 0) is 23.5 Å². The molecule has 1 aromatic carbocycles. The lowest BCUT2D eigenvalue weighted by Crippen LogP contribution is -2.27. The Kier molecular flexibility index (Phi) is 4.29. The summed E-state index contributed by atoms with van der Waals surface area (Å²) < 4.78 is 42.4. The van der Waals surface area contributed by atoms with Crippen molar-refractivity contribution < 1.29 is 12.8 Å². The van der Waals surface area contributed by atoms with E-state index in [4.69, 9.17) is 5.73 Å². The number of nitrogens with zero attached hydrogens (tertiary/aromatic N) is 2. The van der Waals surface area contributed by atoms with E-state index in [1.54, 1.807) is 17.0 Å². The molecule has 21 heavy (non-hydrogen) atoms. The molecule has 0 aliphatic heterocycles. The quantitative estimate of drug-likeness (QED) is 0.805. The number of nitrogens with one attached hydrogen (secondary N) is 1. The Morgan fingerprint density at radius 1 is 1.43 bits per heavy atom. The minimum Gasteiger partial charge on any atom is -0.399 e. The average Bonchev–Trinajstić information content (AvgIpc) is 2.79. The summed E-state index contributed by atoms with van der Waals surface area (Å²) in [4.78, 5) is 3.66. The number of imidazole rings is 1. The standard InChI is InChI=1S/C13H17FN4O2S/c1-9-7-10(15)8-11(13(9)14)21(19,20)17-4-3-12-16-5-6-18(12)2/h5-8,17H,3-4,15H2,1-2H3. The topological polar surface area (TPSA) is 90.0 Å². The Morgan fingerprint density at radius 2 is 2.14 bits per heavy atom. The molecule has 2 rings (SSSR count). The van der Waals surface area contributed by atoms with Crippen LogP contribution in [0.5, 0.6) is 0 Å². The zero-order chi connectivity index (χ0) is 15.6. The van der Waals surface area contributed by atoms with E-state index in [0.29, 0.717) is 6.42 Å². The molecular formula is C13H17FN4O2S. The number of rotatable bonds is 5. The van der Waals surface area contributed by atoms with E-state index >= 15 is 0 Å². The molecule has 2 aromatic rings. The van der Waals surface area contributed by atoms with Gasteiger partial charge in [-0.25, -0.2) is 22.5 Å². The molecule has 0 aliphatic rings. The molecule has 114 valence electrons. The van der Waals surface area contributed by atoms with E-state index in [9.17, 15) is 12.8 Å². The van der Waals surface area contributed by atoms with Crippen molar-refractivity contribution in [1.29, 1.82) is 0 Å². The maximum atomic E-state index is 14.0. The molecule has 0 spiro atoms. The minimum atomic E-state index is -3.94. The normalized spacial score (nSPS) is 11.8. The van der Waals surface area contributed by atoms with Gasteiger partial charge in [-0.1, -0.05) is 0 Å². The smallest absolute Gasteiger partial charge is 0.243 e. The van der Waals surface area contributed by atoms with Gasteiger partial charge in [0.1, 0.15) is 16.5 Å². The summed E-state index contributed by atoms with van der Waals surface area (Å²) in [6, 6.07) is 2.51. The average molecular weight is 312 g/mol. The van der Waals surface area contributed by atoms with Crippen LogP contribution >= 0.6 is 0 Å². The number of nitrogens with two attached hydrogens (primary N) is 1.